The monoisotopic (exact) mass is 508 g/mol. The molecule has 4 aromatic carbocycles. The molecule has 0 aliphatic heterocycles. The molecular formula is C30H24N2O6. The number of carbonyl (C=O) groups excluding carboxylic acids is 3. The fraction of sp³-hybridized carbons (Fsp3) is 0.0667. The Labute approximate surface area is 219 Å². The molecule has 4 aromatic rings. The van der Waals surface area contributed by atoms with Crippen LogP contribution in [0.25, 0.3) is 0 Å². The first-order chi connectivity index (χ1) is 18.5. The van der Waals surface area contributed by atoms with Crippen LogP contribution in [0.4, 0.5) is 0 Å². The van der Waals surface area contributed by atoms with Gasteiger partial charge in [-0.25, -0.2) is 15.0 Å². The van der Waals surface area contributed by atoms with Crippen LogP contribution in [0.15, 0.2) is 108 Å². The average molecular weight is 509 g/mol. The van der Waals surface area contributed by atoms with Crippen molar-refractivity contribution in [2.45, 2.75) is 6.92 Å². The van der Waals surface area contributed by atoms with Gasteiger partial charge in [0.2, 0.25) is 0 Å². The van der Waals surface area contributed by atoms with E-state index in [2.05, 4.69) is 10.5 Å². The Balaban J connectivity index is 1.47. The maximum Gasteiger partial charge on any atom is 0.343 e. The van der Waals surface area contributed by atoms with Crippen molar-refractivity contribution in [1.29, 1.82) is 0 Å². The summed E-state index contributed by atoms with van der Waals surface area (Å²) in [4.78, 5) is 37.3. The van der Waals surface area contributed by atoms with Crippen molar-refractivity contribution < 1.29 is 28.6 Å². The maximum atomic E-state index is 12.7. The van der Waals surface area contributed by atoms with E-state index in [1.807, 2.05) is 25.1 Å². The van der Waals surface area contributed by atoms with E-state index in [9.17, 15) is 14.4 Å². The molecule has 0 heterocycles. The van der Waals surface area contributed by atoms with Crippen LogP contribution in [0.5, 0.6) is 17.2 Å². The second kappa shape index (κ2) is 12.6. The van der Waals surface area contributed by atoms with Crippen molar-refractivity contribution in [2.75, 3.05) is 6.61 Å². The summed E-state index contributed by atoms with van der Waals surface area (Å²) in [5.41, 5.74) is 4.36. The molecule has 1 amide bonds. The Morgan fingerprint density at radius 1 is 0.737 bits per heavy atom. The van der Waals surface area contributed by atoms with Gasteiger partial charge in [-0.1, -0.05) is 54.6 Å². The second-order valence-electron chi connectivity index (χ2n) is 8.06. The van der Waals surface area contributed by atoms with Crippen LogP contribution in [-0.4, -0.2) is 30.7 Å². The van der Waals surface area contributed by atoms with Crippen LogP contribution in [0.1, 0.15) is 31.8 Å². The highest BCUT2D eigenvalue weighted by molar-refractivity contribution is 5.94. The lowest BCUT2D eigenvalue weighted by Crippen LogP contribution is -2.24. The number of hydrogen-bond acceptors (Lipinski definition) is 7. The van der Waals surface area contributed by atoms with Crippen LogP contribution in [-0.2, 0) is 4.79 Å². The molecular weight excluding hydrogens is 484 g/mol. The zero-order valence-electron chi connectivity index (χ0n) is 20.5. The van der Waals surface area contributed by atoms with Crippen molar-refractivity contribution in [1.82, 2.24) is 5.43 Å². The average Bonchev–Trinajstić information content (AvgIpc) is 2.94. The molecule has 0 aliphatic carbocycles. The molecule has 0 saturated heterocycles. The Bertz CT molecular complexity index is 1450. The first-order valence-corrected chi connectivity index (χ1v) is 11.7. The number of rotatable bonds is 9. The zero-order valence-corrected chi connectivity index (χ0v) is 20.5. The van der Waals surface area contributed by atoms with Crippen molar-refractivity contribution in [3.63, 3.8) is 0 Å². The number of nitrogens with zero attached hydrogens (tertiary/aromatic N) is 1. The number of amides is 1. The minimum absolute atomic E-state index is 0.0892. The molecule has 38 heavy (non-hydrogen) atoms. The summed E-state index contributed by atoms with van der Waals surface area (Å²) < 4.78 is 16.5. The van der Waals surface area contributed by atoms with E-state index >= 15 is 0 Å². The summed E-state index contributed by atoms with van der Waals surface area (Å²) in [7, 11) is 0. The van der Waals surface area contributed by atoms with Crippen molar-refractivity contribution >= 4 is 24.1 Å². The van der Waals surface area contributed by atoms with Crippen molar-refractivity contribution in [2.24, 2.45) is 5.10 Å². The fourth-order valence-corrected chi connectivity index (χ4v) is 3.31. The topological polar surface area (TPSA) is 103 Å². The van der Waals surface area contributed by atoms with Crippen LogP contribution in [0, 0.1) is 6.92 Å². The predicted molar refractivity (Wildman–Crippen MR) is 142 cm³/mol. The molecule has 0 radical (unpaired) electrons. The largest absolute Gasteiger partial charge is 0.483 e. The van der Waals surface area contributed by atoms with Gasteiger partial charge in [0.05, 0.1) is 17.3 Å². The third kappa shape index (κ3) is 7.14. The van der Waals surface area contributed by atoms with E-state index in [1.54, 1.807) is 72.8 Å². The highest BCUT2D eigenvalue weighted by atomic mass is 16.5. The van der Waals surface area contributed by atoms with E-state index in [0.29, 0.717) is 22.4 Å². The van der Waals surface area contributed by atoms with Gasteiger partial charge in [0.1, 0.15) is 17.2 Å². The summed E-state index contributed by atoms with van der Waals surface area (Å²) in [6, 6.07) is 28.8. The number of hydrazone groups is 1. The first kappa shape index (κ1) is 25.8. The zero-order chi connectivity index (χ0) is 26.7. The number of ether oxygens (including phenoxy) is 3. The lowest BCUT2D eigenvalue weighted by molar-refractivity contribution is -0.123. The number of nitrogens with one attached hydrogen (secondary N) is 1. The number of hydrogen-bond donors (Lipinski definition) is 1. The summed E-state index contributed by atoms with van der Waals surface area (Å²) in [6.07, 6.45) is 1.32. The molecule has 8 nitrogen and oxygen atoms in total. The second-order valence-corrected chi connectivity index (χ2v) is 8.06. The Morgan fingerprint density at radius 2 is 1.34 bits per heavy atom. The minimum Gasteiger partial charge on any atom is -0.483 e. The number of aryl methyl sites for hydroxylation is 1. The lowest BCUT2D eigenvalue weighted by Gasteiger charge is -2.11. The van der Waals surface area contributed by atoms with Gasteiger partial charge >= 0.3 is 11.9 Å². The number of esters is 2. The summed E-state index contributed by atoms with van der Waals surface area (Å²) in [6.45, 7) is 1.65. The first-order valence-electron chi connectivity index (χ1n) is 11.7. The smallest absolute Gasteiger partial charge is 0.343 e. The van der Waals surface area contributed by atoms with Gasteiger partial charge in [-0.15, -0.1) is 0 Å². The summed E-state index contributed by atoms with van der Waals surface area (Å²) in [5, 5.41) is 3.95. The molecule has 0 aliphatic rings. The summed E-state index contributed by atoms with van der Waals surface area (Å²) >= 11 is 0. The maximum absolute atomic E-state index is 12.7. The van der Waals surface area contributed by atoms with Gasteiger partial charge in [0.25, 0.3) is 5.91 Å². The predicted octanol–water partition coefficient (Wildman–Crippen LogP) is 4.96. The van der Waals surface area contributed by atoms with Gasteiger partial charge in [-0.2, -0.15) is 5.10 Å². The van der Waals surface area contributed by atoms with Crippen LogP contribution < -0.4 is 19.6 Å². The third-order valence-corrected chi connectivity index (χ3v) is 5.26. The molecule has 0 atom stereocenters. The Kier molecular flexibility index (Phi) is 8.60. The SMILES string of the molecule is Cc1ccccc1OCC(=O)N/N=C/c1ccc(OC(=O)c2ccccc2)cc1OC(=O)c1ccccc1. The normalized spacial score (nSPS) is 10.6. The van der Waals surface area contributed by atoms with Crippen LogP contribution in [0.2, 0.25) is 0 Å². The van der Waals surface area contributed by atoms with E-state index in [0.717, 1.165) is 5.56 Å². The molecule has 0 spiro atoms. The minimum atomic E-state index is -0.609. The molecule has 0 saturated carbocycles. The Hall–Kier alpha value is -5.24. The number of benzene rings is 4. The van der Waals surface area contributed by atoms with E-state index in [1.165, 1.54) is 18.3 Å². The quantitative estimate of drug-likeness (QED) is 0.148. The molecule has 0 unspecified atom stereocenters. The van der Waals surface area contributed by atoms with E-state index < -0.39 is 17.8 Å². The fourth-order valence-electron chi connectivity index (χ4n) is 3.31. The van der Waals surface area contributed by atoms with E-state index in [-0.39, 0.29) is 18.1 Å². The van der Waals surface area contributed by atoms with Gasteiger partial charge in [-0.3, -0.25) is 4.79 Å². The third-order valence-electron chi connectivity index (χ3n) is 5.26. The van der Waals surface area contributed by atoms with Crippen LogP contribution in [0.3, 0.4) is 0 Å². The van der Waals surface area contributed by atoms with Gasteiger partial charge in [0, 0.05) is 11.6 Å². The molecule has 8 heteroatoms. The number of para-hydroxylation sites is 1. The van der Waals surface area contributed by atoms with Gasteiger partial charge < -0.3 is 14.2 Å². The van der Waals surface area contributed by atoms with Crippen molar-refractivity contribution in [3.8, 4) is 17.2 Å². The molecule has 1 N–H and O–H groups in total. The molecule has 0 bridgehead atoms. The van der Waals surface area contributed by atoms with Crippen LogP contribution >= 0.6 is 0 Å². The van der Waals surface area contributed by atoms with Crippen molar-refractivity contribution in [3.05, 3.63) is 125 Å². The van der Waals surface area contributed by atoms with Gasteiger partial charge in [0.15, 0.2) is 6.61 Å². The molecule has 4 rings (SSSR count). The summed E-state index contributed by atoms with van der Waals surface area (Å²) in [5.74, 6) is -0.784. The highest BCUT2D eigenvalue weighted by Crippen LogP contribution is 2.26. The molecule has 190 valence electrons. The standard InChI is InChI=1S/C30H24N2O6/c1-21-10-8-9-15-26(21)36-20-28(33)32-31-19-24-16-17-25(37-29(34)22-11-4-2-5-12-22)18-27(24)38-30(35)23-13-6-3-7-14-23/h2-19H,20H2,1H3,(H,32,33)/b31-19+. The Morgan fingerprint density at radius 3 is 2.00 bits per heavy atom. The number of carbonyl (C=O) groups is 3. The van der Waals surface area contributed by atoms with E-state index in [4.69, 9.17) is 14.2 Å². The molecule has 0 aromatic heterocycles. The van der Waals surface area contributed by atoms with Gasteiger partial charge in [-0.05, 0) is 55.0 Å². The highest BCUT2D eigenvalue weighted by Gasteiger charge is 2.15. The lowest BCUT2D eigenvalue weighted by atomic mass is 10.2. The molecule has 0 fully saturated rings.